The topological polar surface area (TPSA) is 26.0 Å². The molecule has 1 aliphatic carbocycles. The predicted molar refractivity (Wildman–Crippen MR) is 49.3 cm³/mol. The fraction of sp³-hybridized carbons (Fsp3) is 0.600. The first-order chi connectivity index (χ1) is 5.13. The zero-order chi connectivity index (χ0) is 8.43. The Morgan fingerprint density at radius 3 is 2.64 bits per heavy atom. The Hall–Kier alpha value is -0.560. The quantitative estimate of drug-likeness (QED) is 0.611. The number of nitrogens with two attached hydrogens (primary N) is 1. The highest BCUT2D eigenvalue weighted by atomic mass is 14.6. The van der Waals surface area contributed by atoms with Crippen molar-refractivity contribution in [3.05, 3.63) is 23.3 Å². The molecule has 0 heterocycles. The lowest BCUT2D eigenvalue weighted by Crippen LogP contribution is -2.24. The molecule has 11 heavy (non-hydrogen) atoms. The van der Waals surface area contributed by atoms with E-state index in [4.69, 9.17) is 5.73 Å². The third kappa shape index (κ3) is 1.72. The molecule has 0 radical (unpaired) electrons. The molecule has 0 amide bonds. The van der Waals surface area contributed by atoms with Crippen LogP contribution in [0.4, 0.5) is 0 Å². The van der Waals surface area contributed by atoms with Gasteiger partial charge in [0.05, 0.1) is 0 Å². The van der Waals surface area contributed by atoms with E-state index < -0.39 is 0 Å². The SMILES string of the molecule is CC1=C(C(C)C)C=CCC1N. The van der Waals surface area contributed by atoms with E-state index in [1.54, 1.807) is 0 Å². The molecular weight excluding hydrogens is 134 g/mol. The van der Waals surface area contributed by atoms with Crippen LogP contribution in [0.3, 0.4) is 0 Å². The summed E-state index contributed by atoms with van der Waals surface area (Å²) in [5.41, 5.74) is 8.68. The maximum atomic E-state index is 5.90. The molecule has 0 saturated heterocycles. The molecule has 0 spiro atoms. The van der Waals surface area contributed by atoms with E-state index in [1.807, 2.05) is 0 Å². The minimum Gasteiger partial charge on any atom is -0.324 e. The lowest BCUT2D eigenvalue weighted by molar-refractivity contribution is 0.702. The molecule has 2 N–H and O–H groups in total. The highest BCUT2D eigenvalue weighted by Gasteiger charge is 2.13. The molecule has 0 aromatic heterocycles. The largest absolute Gasteiger partial charge is 0.324 e. The van der Waals surface area contributed by atoms with Crippen molar-refractivity contribution in [3.63, 3.8) is 0 Å². The van der Waals surface area contributed by atoms with Crippen LogP contribution in [0.2, 0.25) is 0 Å². The van der Waals surface area contributed by atoms with Crippen molar-refractivity contribution < 1.29 is 0 Å². The first-order valence-electron chi connectivity index (χ1n) is 4.25. The van der Waals surface area contributed by atoms with Crippen molar-refractivity contribution in [2.24, 2.45) is 11.7 Å². The summed E-state index contributed by atoms with van der Waals surface area (Å²) in [6.07, 6.45) is 5.39. The van der Waals surface area contributed by atoms with Crippen LogP contribution in [0.15, 0.2) is 23.3 Å². The molecule has 0 aromatic carbocycles. The Morgan fingerprint density at radius 1 is 1.55 bits per heavy atom. The van der Waals surface area contributed by atoms with Gasteiger partial charge in [0, 0.05) is 6.04 Å². The van der Waals surface area contributed by atoms with Gasteiger partial charge in [0.2, 0.25) is 0 Å². The molecule has 0 fully saturated rings. The van der Waals surface area contributed by atoms with Gasteiger partial charge in [-0.05, 0) is 24.8 Å². The molecule has 0 bridgehead atoms. The van der Waals surface area contributed by atoms with Gasteiger partial charge in [0.1, 0.15) is 0 Å². The van der Waals surface area contributed by atoms with Crippen LogP contribution < -0.4 is 5.73 Å². The average molecular weight is 151 g/mol. The van der Waals surface area contributed by atoms with Gasteiger partial charge in [-0.2, -0.15) is 0 Å². The van der Waals surface area contributed by atoms with Crippen LogP contribution >= 0.6 is 0 Å². The van der Waals surface area contributed by atoms with Crippen LogP contribution in [0, 0.1) is 5.92 Å². The first-order valence-corrected chi connectivity index (χ1v) is 4.25. The molecule has 1 unspecified atom stereocenters. The zero-order valence-electron chi connectivity index (χ0n) is 7.59. The third-order valence-electron chi connectivity index (χ3n) is 2.32. The first kappa shape index (κ1) is 8.54. The number of rotatable bonds is 1. The smallest absolute Gasteiger partial charge is 0.0291 e. The van der Waals surface area contributed by atoms with E-state index in [-0.39, 0.29) is 6.04 Å². The molecule has 0 aliphatic heterocycles. The normalized spacial score (nSPS) is 25.0. The van der Waals surface area contributed by atoms with Gasteiger partial charge in [-0.25, -0.2) is 0 Å². The van der Waals surface area contributed by atoms with Crippen molar-refractivity contribution in [1.29, 1.82) is 0 Å². The lowest BCUT2D eigenvalue weighted by atomic mass is 9.88. The van der Waals surface area contributed by atoms with Gasteiger partial charge in [0.25, 0.3) is 0 Å². The van der Waals surface area contributed by atoms with Gasteiger partial charge in [-0.1, -0.05) is 31.6 Å². The van der Waals surface area contributed by atoms with E-state index in [1.165, 1.54) is 11.1 Å². The summed E-state index contributed by atoms with van der Waals surface area (Å²) in [6.45, 7) is 6.56. The molecule has 1 heteroatoms. The summed E-state index contributed by atoms with van der Waals surface area (Å²) in [5, 5.41) is 0. The molecule has 0 aromatic rings. The molecule has 1 rings (SSSR count). The molecular formula is C10H17N. The monoisotopic (exact) mass is 151 g/mol. The standard InChI is InChI=1S/C10H17N/c1-7(2)9-5-4-6-10(11)8(9)3/h4-5,7,10H,6,11H2,1-3H3. The van der Waals surface area contributed by atoms with Crippen LogP contribution in [-0.2, 0) is 0 Å². The Balaban J connectivity index is 2.89. The summed E-state index contributed by atoms with van der Waals surface area (Å²) < 4.78 is 0. The Kier molecular flexibility index (Phi) is 2.50. The number of hydrogen-bond donors (Lipinski definition) is 1. The Labute approximate surface area is 69.0 Å². The van der Waals surface area contributed by atoms with Crippen LogP contribution in [0.5, 0.6) is 0 Å². The van der Waals surface area contributed by atoms with E-state index >= 15 is 0 Å². The Bertz CT molecular complexity index is 199. The van der Waals surface area contributed by atoms with Crippen molar-refractivity contribution in [3.8, 4) is 0 Å². The molecule has 1 atom stereocenters. The zero-order valence-corrected chi connectivity index (χ0v) is 7.59. The summed E-state index contributed by atoms with van der Waals surface area (Å²) in [5.74, 6) is 0.609. The number of allylic oxidation sites excluding steroid dienone is 2. The van der Waals surface area contributed by atoms with Gasteiger partial charge in [-0.15, -0.1) is 0 Å². The summed E-state index contributed by atoms with van der Waals surface area (Å²) in [7, 11) is 0. The van der Waals surface area contributed by atoms with E-state index in [0.29, 0.717) is 5.92 Å². The predicted octanol–water partition coefficient (Wildman–Crippen LogP) is 2.25. The molecule has 0 saturated carbocycles. The average Bonchev–Trinajstić information content (AvgIpc) is 1.94. The second-order valence-corrected chi connectivity index (χ2v) is 3.54. The van der Waals surface area contributed by atoms with Crippen LogP contribution in [0.25, 0.3) is 0 Å². The van der Waals surface area contributed by atoms with Gasteiger partial charge >= 0.3 is 0 Å². The lowest BCUT2D eigenvalue weighted by Gasteiger charge is -2.21. The molecule has 62 valence electrons. The second kappa shape index (κ2) is 3.22. The van der Waals surface area contributed by atoms with E-state index in [0.717, 1.165) is 6.42 Å². The summed E-state index contributed by atoms with van der Waals surface area (Å²) in [4.78, 5) is 0. The Morgan fingerprint density at radius 2 is 2.18 bits per heavy atom. The highest BCUT2D eigenvalue weighted by molar-refractivity contribution is 5.33. The maximum absolute atomic E-state index is 5.90. The van der Waals surface area contributed by atoms with Crippen LogP contribution in [-0.4, -0.2) is 6.04 Å². The second-order valence-electron chi connectivity index (χ2n) is 3.54. The fourth-order valence-corrected chi connectivity index (χ4v) is 1.51. The highest BCUT2D eigenvalue weighted by Crippen LogP contribution is 2.23. The van der Waals surface area contributed by atoms with E-state index in [9.17, 15) is 0 Å². The number of hydrogen-bond acceptors (Lipinski definition) is 1. The minimum absolute atomic E-state index is 0.261. The minimum atomic E-state index is 0.261. The third-order valence-corrected chi connectivity index (χ3v) is 2.32. The van der Waals surface area contributed by atoms with Crippen molar-refractivity contribution in [2.45, 2.75) is 33.2 Å². The fourth-order valence-electron chi connectivity index (χ4n) is 1.51. The summed E-state index contributed by atoms with van der Waals surface area (Å²) >= 11 is 0. The van der Waals surface area contributed by atoms with E-state index in [2.05, 4.69) is 32.9 Å². The van der Waals surface area contributed by atoms with Crippen LogP contribution in [0.1, 0.15) is 27.2 Å². The summed E-state index contributed by atoms with van der Waals surface area (Å²) in [6, 6.07) is 0.261. The van der Waals surface area contributed by atoms with Gasteiger partial charge < -0.3 is 5.73 Å². The van der Waals surface area contributed by atoms with Gasteiger partial charge in [0.15, 0.2) is 0 Å². The van der Waals surface area contributed by atoms with Crippen molar-refractivity contribution >= 4 is 0 Å². The van der Waals surface area contributed by atoms with Crippen molar-refractivity contribution in [1.82, 2.24) is 0 Å². The molecule has 1 aliphatic rings. The maximum Gasteiger partial charge on any atom is 0.0291 e. The van der Waals surface area contributed by atoms with Gasteiger partial charge in [-0.3, -0.25) is 0 Å². The van der Waals surface area contributed by atoms with Crippen molar-refractivity contribution in [2.75, 3.05) is 0 Å². The molecule has 1 nitrogen and oxygen atoms in total.